The number of hydrogen-bond acceptors (Lipinski definition) is 2. The molecule has 0 amide bonds. The van der Waals surface area contributed by atoms with Crippen LogP contribution in [0, 0.1) is 0 Å². The fourth-order valence-corrected chi connectivity index (χ4v) is 9.97. The maximum absolute atomic E-state index is 3.86. The van der Waals surface area contributed by atoms with Gasteiger partial charge in [-0.1, -0.05) is 206 Å². The highest BCUT2D eigenvalue weighted by Gasteiger charge is 2.27. The molecule has 0 aliphatic carbocycles. The van der Waals surface area contributed by atoms with Gasteiger partial charge < -0.3 is 10.6 Å². The van der Waals surface area contributed by atoms with Crippen LogP contribution in [0.1, 0.15) is 0 Å². The van der Waals surface area contributed by atoms with Gasteiger partial charge in [-0.3, -0.25) is 0 Å². The molecular weight excluding hydrogens is 773 g/mol. The molecule has 0 saturated carbocycles. The lowest BCUT2D eigenvalue weighted by atomic mass is 9.76. The average Bonchev–Trinajstić information content (AvgIpc) is 3.37. The smallest absolute Gasteiger partial charge is 0.0463 e. The van der Waals surface area contributed by atoms with E-state index in [-0.39, 0.29) is 0 Å². The van der Waals surface area contributed by atoms with Gasteiger partial charge in [-0.05, 0) is 124 Å². The van der Waals surface area contributed by atoms with Crippen LogP contribution in [0.5, 0.6) is 0 Å². The van der Waals surface area contributed by atoms with E-state index >= 15 is 0 Å². The molecule has 2 heteroatoms. The zero-order chi connectivity index (χ0) is 42.4. The monoisotopic (exact) mass is 814 g/mol. The van der Waals surface area contributed by atoms with Crippen LogP contribution in [-0.2, 0) is 0 Å². The second-order valence-corrected chi connectivity index (χ2v) is 16.5. The lowest BCUT2D eigenvalue weighted by Crippen LogP contribution is -2.00. The van der Waals surface area contributed by atoms with Gasteiger partial charge in [0.2, 0.25) is 0 Å². The molecule has 0 atom stereocenters. The summed E-state index contributed by atoms with van der Waals surface area (Å²) in [6.07, 6.45) is 0. The maximum atomic E-state index is 3.86. The Kier molecular flexibility index (Phi) is 9.20. The van der Waals surface area contributed by atoms with Crippen molar-refractivity contribution in [2.75, 3.05) is 10.6 Å². The first-order chi connectivity index (χ1) is 31.8. The second kappa shape index (κ2) is 15.8. The van der Waals surface area contributed by atoms with Crippen molar-refractivity contribution in [3.05, 3.63) is 243 Å². The van der Waals surface area contributed by atoms with E-state index in [0.29, 0.717) is 0 Å². The number of fused-ring (bicyclic) bond motifs is 8. The van der Waals surface area contributed by atoms with Crippen molar-refractivity contribution >= 4 is 76.6 Å². The van der Waals surface area contributed by atoms with E-state index in [2.05, 4.69) is 253 Å². The molecule has 300 valence electrons. The van der Waals surface area contributed by atoms with Crippen molar-refractivity contribution < 1.29 is 0 Å². The Morgan fingerprint density at radius 3 is 0.938 bits per heavy atom. The number of nitrogens with one attached hydrogen (secondary N) is 2. The van der Waals surface area contributed by atoms with Gasteiger partial charge >= 0.3 is 0 Å². The molecule has 12 aromatic rings. The van der Waals surface area contributed by atoms with Gasteiger partial charge in [0.1, 0.15) is 0 Å². The predicted molar refractivity (Wildman–Crippen MR) is 275 cm³/mol. The van der Waals surface area contributed by atoms with Crippen LogP contribution in [0.2, 0.25) is 0 Å². The highest BCUT2D eigenvalue weighted by molar-refractivity contribution is 6.35. The first kappa shape index (κ1) is 37.3. The van der Waals surface area contributed by atoms with Crippen LogP contribution in [0.3, 0.4) is 0 Å². The zero-order valence-corrected chi connectivity index (χ0v) is 35.1. The van der Waals surface area contributed by atoms with Gasteiger partial charge in [0.15, 0.2) is 0 Å². The van der Waals surface area contributed by atoms with E-state index in [4.69, 9.17) is 0 Å². The molecule has 12 rings (SSSR count). The summed E-state index contributed by atoms with van der Waals surface area (Å²) >= 11 is 0. The molecule has 0 unspecified atom stereocenters. The third kappa shape index (κ3) is 6.44. The summed E-state index contributed by atoms with van der Waals surface area (Å²) < 4.78 is 0. The van der Waals surface area contributed by atoms with Crippen molar-refractivity contribution in [2.45, 2.75) is 0 Å². The molecule has 12 aromatic carbocycles. The summed E-state index contributed by atoms with van der Waals surface area (Å²) in [4.78, 5) is 0. The first-order valence-corrected chi connectivity index (χ1v) is 22.0. The zero-order valence-electron chi connectivity index (χ0n) is 35.1. The van der Waals surface area contributed by atoms with Gasteiger partial charge in [0.25, 0.3) is 0 Å². The molecule has 0 heterocycles. The molecule has 0 radical (unpaired) electrons. The minimum absolute atomic E-state index is 1.03. The summed E-state index contributed by atoms with van der Waals surface area (Å²) in [6, 6.07) is 88.1. The van der Waals surface area contributed by atoms with E-state index in [1.54, 1.807) is 0 Å². The lowest BCUT2D eigenvalue weighted by molar-refractivity contribution is 1.57. The van der Waals surface area contributed by atoms with Crippen LogP contribution in [-0.4, -0.2) is 0 Å². The third-order valence-electron chi connectivity index (χ3n) is 12.8. The van der Waals surface area contributed by atoms with Gasteiger partial charge in [-0.25, -0.2) is 0 Å². The number of hydrogen-bond donors (Lipinski definition) is 2. The Bertz CT molecular complexity index is 3440. The van der Waals surface area contributed by atoms with Crippen LogP contribution < -0.4 is 10.6 Å². The van der Waals surface area contributed by atoms with Crippen molar-refractivity contribution in [2.24, 2.45) is 0 Å². The van der Waals surface area contributed by atoms with Gasteiger partial charge in [0, 0.05) is 33.5 Å². The number of benzene rings is 12. The fourth-order valence-electron chi connectivity index (χ4n) is 9.97. The molecule has 2 nitrogen and oxygen atoms in total. The summed E-state index contributed by atoms with van der Waals surface area (Å²) in [7, 11) is 0. The van der Waals surface area contributed by atoms with Crippen molar-refractivity contribution in [3.63, 3.8) is 0 Å². The van der Waals surface area contributed by atoms with E-state index < -0.39 is 0 Å². The Hall–Kier alpha value is -8.46. The predicted octanol–water partition coefficient (Wildman–Crippen LogP) is 17.6. The molecule has 0 bridgehead atoms. The van der Waals surface area contributed by atoms with Crippen LogP contribution in [0.25, 0.3) is 98.4 Å². The highest BCUT2D eigenvalue weighted by Crippen LogP contribution is 2.55. The van der Waals surface area contributed by atoms with Crippen molar-refractivity contribution in [1.29, 1.82) is 0 Å². The fraction of sp³-hybridized carbons (Fsp3) is 0. The molecule has 0 aliphatic rings. The Morgan fingerprint density at radius 2 is 0.547 bits per heavy atom. The molecule has 0 aliphatic heterocycles. The summed E-state index contributed by atoms with van der Waals surface area (Å²) in [5.41, 5.74) is 13.8. The molecule has 0 aromatic heterocycles. The van der Waals surface area contributed by atoms with E-state index in [9.17, 15) is 0 Å². The quantitative estimate of drug-likeness (QED) is 0.149. The Labute approximate surface area is 372 Å². The lowest BCUT2D eigenvalue weighted by Gasteiger charge is -2.27. The Morgan fingerprint density at radius 1 is 0.219 bits per heavy atom. The second-order valence-electron chi connectivity index (χ2n) is 16.5. The molecule has 64 heavy (non-hydrogen) atoms. The van der Waals surface area contributed by atoms with Gasteiger partial charge in [-0.2, -0.15) is 0 Å². The topological polar surface area (TPSA) is 24.1 Å². The minimum Gasteiger partial charge on any atom is -0.355 e. The van der Waals surface area contributed by atoms with Crippen LogP contribution >= 0.6 is 0 Å². The molecule has 0 saturated heterocycles. The molecular formula is C62H42N2. The van der Waals surface area contributed by atoms with Crippen LogP contribution in [0.4, 0.5) is 22.7 Å². The SMILES string of the molecule is c1ccc(-c2c(-c3ccccc3)c(-c3ccccc3)c3c4ccc(Nc5cccc6ccccc56)cc4c4cc(Nc5cccc6ccccc56)ccc4c3c2-c2ccccc2)cc1. The van der Waals surface area contributed by atoms with Crippen molar-refractivity contribution in [1.82, 2.24) is 0 Å². The largest absolute Gasteiger partial charge is 0.355 e. The standard InChI is InChI=1S/C62H42N2/c1-5-21-43(22-6-1)57-58(44-23-7-2-8-24-44)60(46-27-11-4-12-28-46)62-52-38-36-48(64-56-34-18-30-42-20-14-16-32-50(42)56)40-54(52)53-39-47(63-55-33-17-29-41-19-13-15-31-49(41)55)35-37-51(53)61(62)59(57)45-25-9-3-10-26-45/h1-40,63-64H. The van der Waals surface area contributed by atoms with Gasteiger partial charge in [-0.15, -0.1) is 0 Å². The Balaban J connectivity index is 1.26. The number of anilines is 4. The number of rotatable bonds is 8. The van der Waals surface area contributed by atoms with E-state index in [0.717, 1.165) is 22.7 Å². The van der Waals surface area contributed by atoms with Gasteiger partial charge in [0.05, 0.1) is 0 Å². The first-order valence-electron chi connectivity index (χ1n) is 22.0. The van der Waals surface area contributed by atoms with Crippen LogP contribution in [0.15, 0.2) is 243 Å². The highest BCUT2D eigenvalue weighted by atomic mass is 14.9. The molecule has 0 fully saturated rings. The maximum Gasteiger partial charge on any atom is 0.0463 e. The third-order valence-corrected chi connectivity index (χ3v) is 12.8. The normalized spacial score (nSPS) is 11.4. The molecule has 2 N–H and O–H groups in total. The average molecular weight is 815 g/mol. The van der Waals surface area contributed by atoms with E-state index in [1.165, 1.54) is 98.4 Å². The summed E-state index contributed by atoms with van der Waals surface area (Å²) in [6.45, 7) is 0. The van der Waals surface area contributed by atoms with Crippen molar-refractivity contribution in [3.8, 4) is 44.5 Å². The molecule has 0 spiro atoms. The summed E-state index contributed by atoms with van der Waals surface area (Å²) in [5.74, 6) is 0. The summed E-state index contributed by atoms with van der Waals surface area (Å²) in [5, 5.41) is 19.7. The minimum atomic E-state index is 1.03. The van der Waals surface area contributed by atoms with E-state index in [1.807, 2.05) is 0 Å².